The van der Waals surface area contributed by atoms with Crippen LogP contribution < -0.4 is 5.32 Å². The highest BCUT2D eigenvalue weighted by molar-refractivity contribution is 5.78. The van der Waals surface area contributed by atoms with Crippen molar-refractivity contribution in [3.8, 4) is 0 Å². The molecule has 0 radical (unpaired) electrons. The predicted octanol–water partition coefficient (Wildman–Crippen LogP) is 1.64. The summed E-state index contributed by atoms with van der Waals surface area (Å²) in [6.45, 7) is 5.71. The molecule has 2 heterocycles. The first kappa shape index (κ1) is 15.4. The van der Waals surface area contributed by atoms with Crippen molar-refractivity contribution in [2.24, 2.45) is 5.92 Å². The van der Waals surface area contributed by atoms with Gasteiger partial charge in [-0.1, -0.05) is 0 Å². The zero-order chi connectivity index (χ0) is 15.6. The maximum Gasteiger partial charge on any atom is 0.223 e. The Morgan fingerprint density at radius 3 is 2.41 bits per heavy atom. The van der Waals surface area contributed by atoms with Crippen molar-refractivity contribution in [2.75, 3.05) is 13.2 Å². The van der Waals surface area contributed by atoms with E-state index in [9.17, 15) is 4.79 Å². The maximum absolute atomic E-state index is 12.4. The van der Waals surface area contributed by atoms with Crippen LogP contribution in [-0.2, 0) is 20.8 Å². The van der Waals surface area contributed by atoms with Gasteiger partial charge >= 0.3 is 0 Å². The third-order valence-corrected chi connectivity index (χ3v) is 4.75. The molecule has 120 valence electrons. The smallest absolute Gasteiger partial charge is 0.223 e. The summed E-state index contributed by atoms with van der Waals surface area (Å²) in [7, 11) is 0. The molecule has 1 saturated carbocycles. The molecule has 2 fully saturated rings. The standard InChI is InChI=1S/C16H23N3O3/c1-11-14(12(2)19-10-18-11)9-17-15(20)13-3-5-16(6-4-13)21-7-8-22-16/h10,13H,3-9H2,1-2H3,(H,17,20). The number of aromatic nitrogens is 2. The zero-order valence-electron chi connectivity index (χ0n) is 13.2. The lowest BCUT2D eigenvalue weighted by molar-refractivity contribution is -0.183. The second-order valence-corrected chi connectivity index (χ2v) is 6.12. The third kappa shape index (κ3) is 3.13. The number of carbonyl (C=O) groups is 1. The molecule has 1 saturated heterocycles. The van der Waals surface area contributed by atoms with Crippen molar-refractivity contribution in [1.82, 2.24) is 15.3 Å². The van der Waals surface area contributed by atoms with Crippen molar-refractivity contribution in [3.63, 3.8) is 0 Å². The van der Waals surface area contributed by atoms with Crippen LogP contribution in [0.5, 0.6) is 0 Å². The first-order chi connectivity index (χ1) is 10.6. The van der Waals surface area contributed by atoms with E-state index in [1.165, 1.54) is 0 Å². The Bertz CT molecular complexity index is 525. The average molecular weight is 305 g/mol. The summed E-state index contributed by atoms with van der Waals surface area (Å²) in [4.78, 5) is 20.7. The fraction of sp³-hybridized carbons (Fsp3) is 0.688. The van der Waals surface area contributed by atoms with Crippen molar-refractivity contribution in [3.05, 3.63) is 23.3 Å². The molecule has 1 aliphatic heterocycles. The minimum atomic E-state index is -0.406. The van der Waals surface area contributed by atoms with Crippen LogP contribution in [0.25, 0.3) is 0 Å². The van der Waals surface area contributed by atoms with E-state index in [-0.39, 0.29) is 11.8 Å². The van der Waals surface area contributed by atoms with Gasteiger partial charge < -0.3 is 14.8 Å². The Balaban J connectivity index is 1.53. The lowest BCUT2D eigenvalue weighted by Crippen LogP contribution is -2.40. The predicted molar refractivity (Wildman–Crippen MR) is 79.9 cm³/mol. The second kappa shape index (κ2) is 6.30. The summed E-state index contributed by atoms with van der Waals surface area (Å²) in [5.74, 6) is -0.254. The average Bonchev–Trinajstić information content (AvgIpc) is 2.95. The Morgan fingerprint density at radius 1 is 1.23 bits per heavy atom. The van der Waals surface area contributed by atoms with E-state index < -0.39 is 5.79 Å². The molecule has 1 N–H and O–H groups in total. The monoisotopic (exact) mass is 305 g/mol. The Morgan fingerprint density at radius 2 is 1.82 bits per heavy atom. The molecule has 0 atom stereocenters. The van der Waals surface area contributed by atoms with E-state index in [1.807, 2.05) is 13.8 Å². The molecule has 1 aromatic heterocycles. The van der Waals surface area contributed by atoms with Crippen LogP contribution in [0.3, 0.4) is 0 Å². The molecule has 22 heavy (non-hydrogen) atoms. The highest BCUT2D eigenvalue weighted by Crippen LogP contribution is 2.38. The summed E-state index contributed by atoms with van der Waals surface area (Å²) >= 11 is 0. The number of nitrogens with one attached hydrogen (secondary N) is 1. The van der Waals surface area contributed by atoms with E-state index in [2.05, 4.69) is 15.3 Å². The van der Waals surface area contributed by atoms with E-state index in [0.29, 0.717) is 19.8 Å². The summed E-state index contributed by atoms with van der Waals surface area (Å²) in [6, 6.07) is 0. The molecule has 0 aromatic carbocycles. The number of nitrogens with zero attached hydrogens (tertiary/aromatic N) is 2. The molecule has 1 aliphatic carbocycles. The summed E-state index contributed by atoms with van der Waals surface area (Å²) in [5.41, 5.74) is 2.84. The lowest BCUT2D eigenvalue weighted by atomic mass is 9.84. The Kier molecular flexibility index (Phi) is 4.40. The summed E-state index contributed by atoms with van der Waals surface area (Å²) in [6.07, 6.45) is 4.79. The minimum absolute atomic E-state index is 0.0451. The molecular formula is C16H23N3O3. The topological polar surface area (TPSA) is 73.3 Å². The van der Waals surface area contributed by atoms with Crippen LogP contribution in [-0.4, -0.2) is 34.9 Å². The van der Waals surface area contributed by atoms with Crippen LogP contribution >= 0.6 is 0 Å². The number of hydrogen-bond donors (Lipinski definition) is 1. The SMILES string of the molecule is Cc1ncnc(C)c1CNC(=O)C1CCC2(CC1)OCCO2. The van der Waals surface area contributed by atoms with Crippen molar-refractivity contribution < 1.29 is 14.3 Å². The Hall–Kier alpha value is -1.53. The van der Waals surface area contributed by atoms with Crippen molar-refractivity contribution >= 4 is 5.91 Å². The number of aryl methyl sites for hydroxylation is 2. The largest absolute Gasteiger partial charge is 0.352 e. The van der Waals surface area contributed by atoms with Crippen LogP contribution in [0.1, 0.15) is 42.6 Å². The van der Waals surface area contributed by atoms with Gasteiger partial charge in [-0.05, 0) is 26.7 Å². The van der Waals surface area contributed by atoms with Crippen LogP contribution in [0.2, 0.25) is 0 Å². The normalized spacial score (nSPS) is 21.2. The van der Waals surface area contributed by atoms with Crippen LogP contribution in [0.15, 0.2) is 6.33 Å². The number of amides is 1. The second-order valence-electron chi connectivity index (χ2n) is 6.12. The van der Waals surface area contributed by atoms with E-state index >= 15 is 0 Å². The van der Waals surface area contributed by atoms with E-state index in [1.54, 1.807) is 6.33 Å². The molecule has 1 aromatic rings. The van der Waals surface area contributed by atoms with Crippen LogP contribution in [0.4, 0.5) is 0 Å². The summed E-state index contributed by atoms with van der Waals surface area (Å²) in [5, 5.41) is 3.03. The maximum atomic E-state index is 12.4. The van der Waals surface area contributed by atoms with Gasteiger partial charge in [0.15, 0.2) is 5.79 Å². The molecule has 0 unspecified atom stereocenters. The number of hydrogen-bond acceptors (Lipinski definition) is 5. The molecular weight excluding hydrogens is 282 g/mol. The van der Waals surface area contributed by atoms with E-state index in [0.717, 1.165) is 42.6 Å². The minimum Gasteiger partial charge on any atom is -0.352 e. The van der Waals surface area contributed by atoms with Crippen molar-refractivity contribution in [2.45, 2.75) is 51.9 Å². The highest BCUT2D eigenvalue weighted by Gasteiger charge is 2.41. The quantitative estimate of drug-likeness (QED) is 0.919. The van der Waals surface area contributed by atoms with Gasteiger partial charge in [-0.25, -0.2) is 9.97 Å². The van der Waals surface area contributed by atoms with Crippen LogP contribution in [0, 0.1) is 19.8 Å². The first-order valence-corrected chi connectivity index (χ1v) is 7.92. The van der Waals surface area contributed by atoms with Gasteiger partial charge in [-0.3, -0.25) is 4.79 Å². The molecule has 1 amide bonds. The van der Waals surface area contributed by atoms with Gasteiger partial charge in [0, 0.05) is 42.3 Å². The third-order valence-electron chi connectivity index (χ3n) is 4.75. The summed E-state index contributed by atoms with van der Waals surface area (Å²) < 4.78 is 11.4. The molecule has 6 heteroatoms. The van der Waals surface area contributed by atoms with Gasteiger partial charge in [-0.15, -0.1) is 0 Å². The molecule has 0 bridgehead atoms. The number of carbonyl (C=O) groups excluding carboxylic acids is 1. The molecule has 3 rings (SSSR count). The molecule has 1 spiro atoms. The fourth-order valence-corrected chi connectivity index (χ4v) is 3.30. The van der Waals surface area contributed by atoms with Crippen molar-refractivity contribution in [1.29, 1.82) is 0 Å². The fourth-order valence-electron chi connectivity index (χ4n) is 3.30. The molecule has 6 nitrogen and oxygen atoms in total. The van der Waals surface area contributed by atoms with Gasteiger partial charge in [0.2, 0.25) is 5.91 Å². The number of ether oxygens (including phenoxy) is 2. The van der Waals surface area contributed by atoms with Gasteiger partial charge in [0.1, 0.15) is 6.33 Å². The molecule has 2 aliphatic rings. The van der Waals surface area contributed by atoms with Gasteiger partial charge in [-0.2, -0.15) is 0 Å². The lowest BCUT2D eigenvalue weighted by Gasteiger charge is -2.34. The first-order valence-electron chi connectivity index (χ1n) is 7.92. The van der Waals surface area contributed by atoms with E-state index in [4.69, 9.17) is 9.47 Å². The number of rotatable bonds is 3. The zero-order valence-corrected chi connectivity index (χ0v) is 13.2. The highest BCUT2D eigenvalue weighted by atomic mass is 16.7. The van der Waals surface area contributed by atoms with Gasteiger partial charge in [0.05, 0.1) is 13.2 Å². The van der Waals surface area contributed by atoms with Gasteiger partial charge in [0.25, 0.3) is 0 Å². The Labute approximate surface area is 130 Å².